The van der Waals surface area contributed by atoms with E-state index in [1.54, 1.807) is 24.5 Å². The molecule has 4 aromatic heterocycles. The van der Waals surface area contributed by atoms with Crippen molar-refractivity contribution in [2.75, 3.05) is 11.9 Å². The normalized spacial score (nSPS) is 11.6. The first kappa shape index (κ1) is 18.5. The molecule has 4 heterocycles. The standard InChI is InChI=1S/C18H12F3N5O3/c19-18(20,21)13-7-14(25-29-13)24-16(27)10-28-17-5-4-11(8-23-17)12-9-22-15-3-1-2-6-26(12)15/h1-9H,10H2,(H,24,25,27). The molecular weight excluding hydrogens is 391 g/mol. The summed E-state index contributed by atoms with van der Waals surface area (Å²) in [6.45, 7) is -0.462. The van der Waals surface area contributed by atoms with Crippen molar-refractivity contribution in [2.45, 2.75) is 6.18 Å². The molecule has 29 heavy (non-hydrogen) atoms. The number of rotatable bonds is 5. The number of carbonyl (C=O) groups excluding carboxylic acids is 1. The molecule has 0 atom stereocenters. The van der Waals surface area contributed by atoms with Gasteiger partial charge < -0.3 is 14.6 Å². The molecule has 4 aromatic rings. The number of halogens is 3. The summed E-state index contributed by atoms with van der Waals surface area (Å²) in [5.74, 6) is -2.20. The number of carbonyl (C=O) groups is 1. The molecule has 148 valence electrons. The summed E-state index contributed by atoms with van der Waals surface area (Å²) in [5, 5.41) is 5.29. The van der Waals surface area contributed by atoms with Crippen molar-refractivity contribution < 1.29 is 27.2 Å². The van der Waals surface area contributed by atoms with E-state index in [2.05, 4.69) is 25.0 Å². The van der Waals surface area contributed by atoms with Crippen molar-refractivity contribution in [1.82, 2.24) is 19.5 Å². The fourth-order valence-corrected chi connectivity index (χ4v) is 2.55. The first-order valence-electron chi connectivity index (χ1n) is 8.25. The minimum absolute atomic E-state index is 0.175. The second kappa shape index (κ2) is 7.26. The van der Waals surface area contributed by atoms with Crippen LogP contribution in [0.1, 0.15) is 5.76 Å². The molecule has 8 nitrogen and oxygen atoms in total. The molecular formula is C18H12F3N5O3. The van der Waals surface area contributed by atoms with Crippen LogP contribution in [0.5, 0.6) is 5.88 Å². The molecule has 0 aromatic carbocycles. The molecule has 0 unspecified atom stereocenters. The molecule has 0 aliphatic rings. The highest BCUT2D eigenvalue weighted by Crippen LogP contribution is 2.30. The van der Waals surface area contributed by atoms with Crippen molar-refractivity contribution in [3.8, 4) is 17.1 Å². The second-order valence-electron chi connectivity index (χ2n) is 5.87. The van der Waals surface area contributed by atoms with Crippen LogP contribution in [0.15, 0.2) is 59.5 Å². The lowest BCUT2D eigenvalue weighted by Gasteiger charge is -2.06. The Morgan fingerprint density at radius 2 is 2.03 bits per heavy atom. The number of ether oxygens (including phenoxy) is 1. The number of aromatic nitrogens is 4. The summed E-state index contributed by atoms with van der Waals surface area (Å²) in [4.78, 5) is 20.2. The van der Waals surface area contributed by atoms with Gasteiger partial charge in [-0.3, -0.25) is 9.20 Å². The first-order chi connectivity index (χ1) is 13.9. The second-order valence-corrected chi connectivity index (χ2v) is 5.87. The number of hydrogen-bond donors (Lipinski definition) is 1. The summed E-state index contributed by atoms with van der Waals surface area (Å²) in [5.41, 5.74) is 2.42. The fourth-order valence-electron chi connectivity index (χ4n) is 2.55. The van der Waals surface area contributed by atoms with Gasteiger partial charge in [0, 0.05) is 30.1 Å². The predicted octanol–water partition coefficient (Wildman–Crippen LogP) is 3.42. The van der Waals surface area contributed by atoms with Crippen molar-refractivity contribution >= 4 is 17.4 Å². The van der Waals surface area contributed by atoms with Crippen LogP contribution >= 0.6 is 0 Å². The van der Waals surface area contributed by atoms with Crippen molar-refractivity contribution in [2.24, 2.45) is 0 Å². The van der Waals surface area contributed by atoms with Gasteiger partial charge in [0.2, 0.25) is 11.6 Å². The number of amides is 1. The van der Waals surface area contributed by atoms with Gasteiger partial charge in [-0.2, -0.15) is 13.2 Å². The molecule has 11 heteroatoms. The average molecular weight is 403 g/mol. The van der Waals surface area contributed by atoms with Crippen molar-refractivity contribution in [3.63, 3.8) is 0 Å². The zero-order valence-corrected chi connectivity index (χ0v) is 14.6. The van der Waals surface area contributed by atoms with Gasteiger partial charge in [-0.15, -0.1) is 0 Å². The maximum absolute atomic E-state index is 12.4. The quantitative estimate of drug-likeness (QED) is 0.549. The number of nitrogens with one attached hydrogen (secondary N) is 1. The molecule has 0 spiro atoms. The summed E-state index contributed by atoms with van der Waals surface area (Å²) >= 11 is 0. The van der Waals surface area contributed by atoms with Crippen LogP contribution in [-0.4, -0.2) is 32.0 Å². The van der Waals surface area contributed by atoms with E-state index in [0.717, 1.165) is 16.9 Å². The highest BCUT2D eigenvalue weighted by atomic mass is 19.4. The van der Waals surface area contributed by atoms with Gasteiger partial charge in [0.15, 0.2) is 12.4 Å². The molecule has 0 bridgehead atoms. The van der Waals surface area contributed by atoms with E-state index in [-0.39, 0.29) is 11.7 Å². The van der Waals surface area contributed by atoms with Crippen LogP contribution in [0.4, 0.5) is 19.0 Å². The lowest BCUT2D eigenvalue weighted by Crippen LogP contribution is -2.20. The monoisotopic (exact) mass is 403 g/mol. The topological polar surface area (TPSA) is 94.5 Å². The van der Waals surface area contributed by atoms with E-state index in [1.165, 1.54) is 0 Å². The average Bonchev–Trinajstić information content (AvgIpc) is 3.34. The maximum Gasteiger partial charge on any atom is 0.452 e. The Kier molecular flexibility index (Phi) is 4.63. The number of imidazole rings is 1. The predicted molar refractivity (Wildman–Crippen MR) is 94.1 cm³/mol. The zero-order chi connectivity index (χ0) is 20.4. The van der Waals surface area contributed by atoms with Crippen LogP contribution in [0.2, 0.25) is 0 Å². The highest BCUT2D eigenvalue weighted by molar-refractivity contribution is 5.90. The number of fused-ring (bicyclic) bond motifs is 1. The molecule has 0 saturated heterocycles. The Bertz CT molecular complexity index is 1150. The third-order valence-corrected chi connectivity index (χ3v) is 3.86. The summed E-state index contributed by atoms with van der Waals surface area (Å²) < 4.78 is 48.6. The van der Waals surface area contributed by atoms with Crippen LogP contribution in [0.25, 0.3) is 16.9 Å². The van der Waals surface area contributed by atoms with Gasteiger partial charge in [-0.25, -0.2) is 9.97 Å². The van der Waals surface area contributed by atoms with Gasteiger partial charge in [0.05, 0.1) is 11.9 Å². The van der Waals surface area contributed by atoms with E-state index in [4.69, 9.17) is 4.74 Å². The van der Waals surface area contributed by atoms with Crippen molar-refractivity contribution in [1.29, 1.82) is 0 Å². The Hall–Kier alpha value is -3.89. The number of nitrogens with zero attached hydrogens (tertiary/aromatic N) is 4. The van der Waals surface area contributed by atoms with Gasteiger partial charge in [0.25, 0.3) is 5.91 Å². The number of anilines is 1. The van der Waals surface area contributed by atoms with E-state index in [9.17, 15) is 18.0 Å². The Morgan fingerprint density at radius 1 is 1.17 bits per heavy atom. The third-order valence-electron chi connectivity index (χ3n) is 3.86. The molecule has 0 radical (unpaired) electrons. The van der Waals surface area contributed by atoms with Gasteiger partial charge >= 0.3 is 6.18 Å². The molecule has 4 rings (SSSR count). The summed E-state index contributed by atoms with van der Waals surface area (Å²) in [6.07, 6.45) is 0.476. The molecule has 0 saturated carbocycles. The number of hydrogen-bond acceptors (Lipinski definition) is 6. The summed E-state index contributed by atoms with van der Waals surface area (Å²) in [6, 6.07) is 9.55. The smallest absolute Gasteiger partial charge is 0.452 e. The molecule has 0 aliphatic carbocycles. The Labute approximate surface area is 160 Å². The van der Waals surface area contributed by atoms with Crippen LogP contribution in [0.3, 0.4) is 0 Å². The van der Waals surface area contributed by atoms with Crippen molar-refractivity contribution in [3.05, 3.63) is 60.7 Å². The number of alkyl halides is 3. The van der Waals surface area contributed by atoms with Crippen LogP contribution in [0, 0.1) is 0 Å². The minimum Gasteiger partial charge on any atom is -0.468 e. The van der Waals surface area contributed by atoms with Crippen LogP contribution in [-0.2, 0) is 11.0 Å². The van der Waals surface area contributed by atoms with E-state index in [1.807, 2.05) is 28.8 Å². The summed E-state index contributed by atoms with van der Waals surface area (Å²) in [7, 11) is 0. The van der Waals surface area contributed by atoms with Gasteiger partial charge in [-0.1, -0.05) is 11.2 Å². The molecule has 1 N–H and O–H groups in total. The van der Waals surface area contributed by atoms with Crippen LogP contribution < -0.4 is 10.1 Å². The number of pyridine rings is 2. The lowest BCUT2D eigenvalue weighted by molar-refractivity contribution is -0.155. The highest BCUT2D eigenvalue weighted by Gasteiger charge is 2.36. The third kappa shape index (κ3) is 4.03. The minimum atomic E-state index is -4.68. The molecule has 1 amide bonds. The largest absolute Gasteiger partial charge is 0.468 e. The molecule has 0 aliphatic heterocycles. The fraction of sp³-hybridized carbons (Fsp3) is 0.111. The SMILES string of the molecule is O=C(COc1ccc(-c2cnc3ccccn23)cn1)Nc1cc(C(F)(F)F)on1. The Morgan fingerprint density at radius 3 is 2.76 bits per heavy atom. The zero-order valence-electron chi connectivity index (χ0n) is 14.6. The van der Waals surface area contributed by atoms with E-state index in [0.29, 0.717) is 6.07 Å². The van der Waals surface area contributed by atoms with Gasteiger partial charge in [-0.05, 0) is 18.2 Å². The maximum atomic E-state index is 12.4. The van der Waals surface area contributed by atoms with Gasteiger partial charge in [0.1, 0.15) is 5.65 Å². The van der Waals surface area contributed by atoms with E-state index < -0.39 is 24.5 Å². The van der Waals surface area contributed by atoms with E-state index >= 15 is 0 Å². The first-order valence-corrected chi connectivity index (χ1v) is 8.25. The lowest BCUT2D eigenvalue weighted by atomic mass is 10.2. The Balaban J connectivity index is 1.37. The molecule has 0 fully saturated rings.